The number of rotatable bonds is 69. The number of allylic oxidation sites excluding steroid dienone is 17. The Morgan fingerprint density at radius 2 is 0.604 bits per heavy atom. The fourth-order valence-corrected chi connectivity index (χ4v) is 11.2. The van der Waals surface area contributed by atoms with E-state index in [9.17, 15) is 43.2 Å². The van der Waals surface area contributed by atoms with E-state index in [0.717, 1.165) is 148 Å². The quantitative estimate of drug-likeness (QED) is 0.0169. The molecule has 0 heterocycles. The minimum absolute atomic E-state index is 0.0584. The molecule has 0 amide bonds. The second kappa shape index (κ2) is 69.2. The van der Waals surface area contributed by atoms with Crippen molar-refractivity contribution in [2.24, 2.45) is 0 Å². The van der Waals surface area contributed by atoms with Crippen molar-refractivity contribution < 1.29 is 80.2 Å². The van der Waals surface area contributed by atoms with Crippen LogP contribution in [0.5, 0.6) is 0 Å². The lowest BCUT2D eigenvalue weighted by molar-refractivity contribution is -0.161. The first-order valence-electron chi connectivity index (χ1n) is 37.1. The zero-order chi connectivity index (χ0) is 70.4. The molecule has 0 rings (SSSR count). The average molecular weight is 1390 g/mol. The molecule has 0 saturated heterocycles. The summed E-state index contributed by atoms with van der Waals surface area (Å²) in [5.74, 6) is -2.35. The smallest absolute Gasteiger partial charge is 0.462 e. The highest BCUT2D eigenvalue weighted by Gasteiger charge is 2.30. The number of phosphoric acid groups is 2. The molecule has 552 valence electrons. The Morgan fingerprint density at radius 3 is 0.990 bits per heavy atom. The summed E-state index contributed by atoms with van der Waals surface area (Å²) in [6.45, 7) is 4.52. The molecule has 0 radical (unpaired) electrons. The number of ether oxygens (including phenoxy) is 4. The topological polar surface area (TPSA) is 237 Å². The lowest BCUT2D eigenvalue weighted by Crippen LogP contribution is -2.30. The second-order valence-corrected chi connectivity index (χ2v) is 27.4. The maximum atomic E-state index is 13.0. The highest BCUT2D eigenvalue weighted by atomic mass is 31.2. The third-order valence-electron chi connectivity index (χ3n) is 15.2. The van der Waals surface area contributed by atoms with E-state index in [1.807, 2.05) is 18.2 Å². The Hall–Kier alpha value is -4.28. The fourth-order valence-electron chi connectivity index (χ4n) is 9.60. The van der Waals surface area contributed by atoms with Crippen molar-refractivity contribution in [1.29, 1.82) is 0 Å². The van der Waals surface area contributed by atoms with E-state index in [1.165, 1.54) is 70.6 Å². The van der Waals surface area contributed by atoms with Gasteiger partial charge in [0.1, 0.15) is 19.3 Å². The molecule has 0 aliphatic rings. The summed E-state index contributed by atoms with van der Waals surface area (Å²) >= 11 is 0. The molecular formula is C77H132O17P2. The predicted molar refractivity (Wildman–Crippen MR) is 390 cm³/mol. The molecule has 3 N–H and O–H groups in total. The summed E-state index contributed by atoms with van der Waals surface area (Å²) in [4.78, 5) is 72.7. The van der Waals surface area contributed by atoms with Gasteiger partial charge in [0.25, 0.3) is 0 Å². The summed E-state index contributed by atoms with van der Waals surface area (Å²) in [5.41, 5.74) is 0. The van der Waals surface area contributed by atoms with E-state index in [4.69, 9.17) is 37.0 Å². The zero-order valence-electron chi connectivity index (χ0n) is 60.0. The fraction of sp³-hybridized carbons (Fsp3) is 0.714. The molecule has 5 unspecified atom stereocenters. The summed E-state index contributed by atoms with van der Waals surface area (Å²) < 4.78 is 68.2. The Kier molecular flexibility index (Phi) is 66.1. The Bertz CT molecular complexity index is 2250. The highest BCUT2D eigenvalue weighted by molar-refractivity contribution is 7.47. The molecule has 0 aromatic carbocycles. The van der Waals surface area contributed by atoms with Crippen LogP contribution in [-0.4, -0.2) is 96.7 Å². The van der Waals surface area contributed by atoms with Crippen molar-refractivity contribution in [1.82, 2.24) is 0 Å². The van der Waals surface area contributed by atoms with Crippen molar-refractivity contribution in [3.8, 4) is 0 Å². The Labute approximate surface area is 581 Å². The van der Waals surface area contributed by atoms with E-state index in [2.05, 4.69) is 113 Å². The lowest BCUT2D eigenvalue weighted by atomic mass is 10.0. The number of esters is 4. The summed E-state index contributed by atoms with van der Waals surface area (Å²) in [5, 5.41) is 10.6. The minimum atomic E-state index is -5.00. The first-order chi connectivity index (χ1) is 46.7. The van der Waals surface area contributed by atoms with Gasteiger partial charge in [-0.1, -0.05) is 272 Å². The third-order valence-corrected chi connectivity index (χ3v) is 17.1. The van der Waals surface area contributed by atoms with E-state index < -0.39 is 97.5 Å². The summed E-state index contributed by atoms with van der Waals surface area (Å²) in [7, 11) is -9.97. The van der Waals surface area contributed by atoms with Crippen LogP contribution < -0.4 is 0 Å². The molecule has 0 spiro atoms. The molecule has 0 aromatic heterocycles. The van der Waals surface area contributed by atoms with Crippen LogP contribution >= 0.6 is 15.6 Å². The van der Waals surface area contributed by atoms with Gasteiger partial charge in [-0.05, 0) is 109 Å². The zero-order valence-corrected chi connectivity index (χ0v) is 61.8. The maximum Gasteiger partial charge on any atom is 0.472 e. The number of phosphoric ester groups is 2. The van der Waals surface area contributed by atoms with Crippen LogP contribution in [0.1, 0.15) is 297 Å². The van der Waals surface area contributed by atoms with Gasteiger partial charge in [-0.2, -0.15) is 0 Å². The number of carbonyl (C=O) groups is 4. The standard InChI is InChI=1S/C77H132O17P2/c1-5-9-13-17-21-25-29-33-35-39-42-46-50-54-58-62-75(80)88-68-73(94-77(82)64-60-56-52-48-44-40-36-34-30-26-22-18-14-10-6-2)70-92-96(85,86)90-66-71(78)65-89-95(83,84)91-69-72(93-76(81)63-59-55-51-47-43-38-32-28-24-20-16-12-8-4)67-87-74(79)61-57-53-49-45-41-37-31-27-23-19-15-11-7-3/h9,13,15,19,21-22,25-27,31,33-36,42,46,54,58,71-73,78H,5-8,10-12,14,16-18,20,23-24,28-30,32,37-41,43-45,47-53,55-57,59-70H2,1-4H3,(H,83,84)(H,85,86)/b13-9-,19-15-,25-21-,26-22-,31-27-,35-33-,36-34-,46-42-,58-54-. The van der Waals surface area contributed by atoms with Crippen molar-refractivity contribution in [2.75, 3.05) is 39.6 Å². The van der Waals surface area contributed by atoms with Crippen LogP contribution in [0.3, 0.4) is 0 Å². The van der Waals surface area contributed by atoms with Gasteiger partial charge in [-0.3, -0.25) is 37.3 Å². The molecule has 19 heteroatoms. The van der Waals surface area contributed by atoms with E-state index in [0.29, 0.717) is 25.7 Å². The van der Waals surface area contributed by atoms with Crippen molar-refractivity contribution >= 4 is 39.5 Å². The number of aliphatic hydroxyl groups excluding tert-OH is 1. The van der Waals surface area contributed by atoms with E-state index in [-0.39, 0.29) is 25.7 Å². The molecule has 0 bridgehead atoms. The number of aliphatic hydroxyl groups is 1. The van der Waals surface area contributed by atoms with Crippen LogP contribution in [0.25, 0.3) is 0 Å². The number of hydrogen-bond acceptors (Lipinski definition) is 15. The van der Waals surface area contributed by atoms with Crippen molar-refractivity contribution in [3.63, 3.8) is 0 Å². The monoisotopic (exact) mass is 1390 g/mol. The van der Waals surface area contributed by atoms with Gasteiger partial charge in [0.05, 0.1) is 32.8 Å². The van der Waals surface area contributed by atoms with Crippen LogP contribution in [0.4, 0.5) is 0 Å². The van der Waals surface area contributed by atoms with Crippen LogP contribution in [0.15, 0.2) is 109 Å². The van der Waals surface area contributed by atoms with Gasteiger partial charge in [0.2, 0.25) is 0 Å². The Balaban J connectivity index is 5.42. The van der Waals surface area contributed by atoms with Crippen molar-refractivity contribution in [2.45, 2.75) is 316 Å². The average Bonchev–Trinajstić information content (AvgIpc) is 1.36. The summed E-state index contributed by atoms with van der Waals surface area (Å²) in [6.07, 6.45) is 72.6. The molecule has 0 aliphatic heterocycles. The first kappa shape index (κ1) is 91.7. The van der Waals surface area contributed by atoms with Gasteiger partial charge in [0, 0.05) is 19.3 Å². The molecule has 0 fully saturated rings. The molecule has 96 heavy (non-hydrogen) atoms. The van der Waals surface area contributed by atoms with Gasteiger partial charge in [-0.25, -0.2) is 9.13 Å². The van der Waals surface area contributed by atoms with E-state index in [1.54, 1.807) is 6.08 Å². The second-order valence-electron chi connectivity index (χ2n) is 24.5. The number of unbranched alkanes of at least 4 members (excludes halogenated alkanes) is 26. The summed E-state index contributed by atoms with van der Waals surface area (Å²) in [6, 6.07) is 0. The van der Waals surface area contributed by atoms with Crippen LogP contribution in [0, 0.1) is 0 Å². The predicted octanol–water partition coefficient (Wildman–Crippen LogP) is 21.0. The van der Waals surface area contributed by atoms with Gasteiger partial charge < -0.3 is 33.8 Å². The van der Waals surface area contributed by atoms with Gasteiger partial charge >= 0.3 is 39.5 Å². The minimum Gasteiger partial charge on any atom is -0.462 e. The third kappa shape index (κ3) is 68.3. The van der Waals surface area contributed by atoms with Gasteiger partial charge in [0.15, 0.2) is 12.2 Å². The largest absolute Gasteiger partial charge is 0.472 e. The molecule has 17 nitrogen and oxygen atoms in total. The Morgan fingerprint density at radius 1 is 0.312 bits per heavy atom. The maximum absolute atomic E-state index is 13.0. The van der Waals surface area contributed by atoms with Crippen molar-refractivity contribution in [3.05, 3.63) is 109 Å². The van der Waals surface area contributed by atoms with Crippen LogP contribution in [-0.2, 0) is 65.4 Å². The molecule has 5 atom stereocenters. The molecular weight excluding hydrogens is 1260 g/mol. The molecule has 0 aromatic rings. The lowest BCUT2D eigenvalue weighted by Gasteiger charge is -2.21. The van der Waals surface area contributed by atoms with E-state index >= 15 is 0 Å². The first-order valence-corrected chi connectivity index (χ1v) is 40.1. The number of hydrogen-bond donors (Lipinski definition) is 3. The highest BCUT2D eigenvalue weighted by Crippen LogP contribution is 2.45. The normalized spacial score (nSPS) is 14.6. The van der Waals surface area contributed by atoms with Crippen LogP contribution in [0.2, 0.25) is 0 Å². The molecule has 0 aliphatic carbocycles. The molecule has 0 saturated carbocycles. The van der Waals surface area contributed by atoms with Gasteiger partial charge in [-0.15, -0.1) is 0 Å². The SMILES string of the molecule is CC/C=C\C/C=C\C/C=C\C/C=C\C/C=C\CC(=O)OCC(COP(=O)(O)OCC(O)COP(=O)(O)OCC(COC(=O)CCCCCCC/C=C\C/C=C\CCC)OC(=O)CCCCCCCCCCCCCCC)OC(=O)CCCCCCC/C=C\C/C=C\CCCCC. The number of carbonyl (C=O) groups excluding carboxylic acids is 4.